The fraction of sp³-hybridized carbons (Fsp3) is 0.226. The van der Waals surface area contributed by atoms with Gasteiger partial charge in [-0.15, -0.1) is 0 Å². The third-order valence-electron chi connectivity index (χ3n) is 6.62. The predicted octanol–water partition coefficient (Wildman–Crippen LogP) is 6.37. The third kappa shape index (κ3) is 6.34. The lowest BCUT2D eigenvalue weighted by atomic mass is 10.0. The van der Waals surface area contributed by atoms with E-state index in [0.29, 0.717) is 37.6 Å². The fourth-order valence-corrected chi connectivity index (χ4v) is 4.52. The molecule has 39 heavy (non-hydrogen) atoms. The Kier molecular flexibility index (Phi) is 8.01. The van der Waals surface area contributed by atoms with Crippen LogP contribution in [0.4, 0.5) is 19.3 Å². The number of rotatable bonds is 7. The molecule has 4 aromatic rings. The normalized spacial score (nSPS) is 13.3. The maximum Gasteiger partial charge on any atom is 0.410 e. The van der Waals surface area contributed by atoms with Crippen molar-refractivity contribution < 1.29 is 23.0 Å². The maximum atomic E-state index is 15.4. The van der Waals surface area contributed by atoms with Crippen molar-refractivity contribution in [3.8, 4) is 17.0 Å². The molecular weight excluding hydrogens is 500 g/mol. The summed E-state index contributed by atoms with van der Waals surface area (Å²) in [6.07, 6.45) is -0.402. The molecule has 0 radical (unpaired) electrons. The number of carbonyl (C=O) groups excluding carboxylic acids is 1. The van der Waals surface area contributed by atoms with E-state index in [0.717, 1.165) is 11.1 Å². The van der Waals surface area contributed by atoms with Crippen LogP contribution in [0, 0.1) is 18.6 Å². The molecule has 200 valence electrons. The van der Waals surface area contributed by atoms with Crippen molar-refractivity contribution in [2.45, 2.75) is 20.1 Å². The molecule has 2 heterocycles. The number of nitrogens with zero attached hydrogens (tertiary/aromatic N) is 3. The number of aromatic nitrogens is 1. The highest BCUT2D eigenvalue weighted by atomic mass is 19.1. The number of amides is 1. The monoisotopic (exact) mass is 529 g/mol. The summed E-state index contributed by atoms with van der Waals surface area (Å²) in [5, 5.41) is 0. The van der Waals surface area contributed by atoms with Crippen LogP contribution < -0.4 is 9.64 Å². The van der Waals surface area contributed by atoms with Crippen LogP contribution in [0.5, 0.6) is 5.88 Å². The van der Waals surface area contributed by atoms with E-state index < -0.39 is 17.7 Å². The first-order valence-corrected chi connectivity index (χ1v) is 12.8. The molecule has 5 rings (SSSR count). The maximum absolute atomic E-state index is 15.4. The highest BCUT2D eigenvalue weighted by molar-refractivity contribution is 5.72. The summed E-state index contributed by atoms with van der Waals surface area (Å²) >= 11 is 0. The summed E-state index contributed by atoms with van der Waals surface area (Å²) in [5.74, 6) is -1.23. The molecule has 1 fully saturated rings. The van der Waals surface area contributed by atoms with E-state index in [1.165, 1.54) is 12.1 Å². The number of benzene rings is 3. The average Bonchev–Trinajstić information content (AvgIpc) is 2.96. The van der Waals surface area contributed by atoms with Crippen molar-refractivity contribution in [3.05, 3.63) is 113 Å². The Morgan fingerprint density at radius 2 is 1.41 bits per heavy atom. The second-order valence-corrected chi connectivity index (χ2v) is 9.38. The third-order valence-corrected chi connectivity index (χ3v) is 6.62. The van der Waals surface area contributed by atoms with Crippen LogP contribution in [0.25, 0.3) is 11.1 Å². The van der Waals surface area contributed by atoms with Gasteiger partial charge in [0.05, 0.1) is 5.56 Å². The molecule has 0 bridgehead atoms. The van der Waals surface area contributed by atoms with Gasteiger partial charge in [0.15, 0.2) is 0 Å². The van der Waals surface area contributed by atoms with Crippen LogP contribution in [-0.2, 0) is 18.0 Å². The van der Waals surface area contributed by atoms with Crippen LogP contribution >= 0.6 is 0 Å². The van der Waals surface area contributed by atoms with E-state index in [1.54, 1.807) is 24.0 Å². The van der Waals surface area contributed by atoms with E-state index in [2.05, 4.69) is 4.98 Å². The Hall–Kier alpha value is -4.46. The molecule has 0 spiro atoms. The number of aryl methyl sites for hydroxylation is 1. The highest BCUT2D eigenvalue weighted by Gasteiger charge is 2.25. The number of hydrogen-bond donors (Lipinski definition) is 0. The molecule has 1 aliphatic rings. The van der Waals surface area contributed by atoms with Crippen molar-refractivity contribution in [2.75, 3.05) is 31.1 Å². The zero-order chi connectivity index (χ0) is 27.2. The van der Waals surface area contributed by atoms with Crippen LogP contribution in [0.1, 0.15) is 16.8 Å². The van der Waals surface area contributed by atoms with Crippen molar-refractivity contribution in [3.63, 3.8) is 0 Å². The molecule has 0 atom stereocenters. The zero-order valence-corrected chi connectivity index (χ0v) is 21.6. The first-order valence-electron chi connectivity index (χ1n) is 12.8. The summed E-state index contributed by atoms with van der Waals surface area (Å²) < 4.78 is 42.2. The molecule has 0 saturated carbocycles. The Balaban J connectivity index is 1.26. The van der Waals surface area contributed by atoms with Gasteiger partial charge in [0.1, 0.15) is 24.8 Å². The van der Waals surface area contributed by atoms with Gasteiger partial charge in [-0.3, -0.25) is 0 Å². The molecule has 0 N–H and O–H groups in total. The summed E-state index contributed by atoms with van der Waals surface area (Å²) in [6.45, 7) is 3.85. The summed E-state index contributed by atoms with van der Waals surface area (Å²) in [4.78, 5) is 20.3. The average molecular weight is 530 g/mol. The Labute approximate surface area is 226 Å². The van der Waals surface area contributed by atoms with Gasteiger partial charge < -0.3 is 19.3 Å². The van der Waals surface area contributed by atoms with E-state index >= 15 is 8.78 Å². The van der Waals surface area contributed by atoms with Gasteiger partial charge in [-0.05, 0) is 42.3 Å². The summed E-state index contributed by atoms with van der Waals surface area (Å²) in [7, 11) is 0. The minimum absolute atomic E-state index is 0.173. The molecule has 1 aromatic heterocycles. The first-order chi connectivity index (χ1) is 19.0. The molecule has 0 unspecified atom stereocenters. The molecule has 0 aliphatic carbocycles. The quantitative estimate of drug-likeness (QED) is 0.278. The zero-order valence-electron chi connectivity index (χ0n) is 21.6. The van der Waals surface area contributed by atoms with Gasteiger partial charge in [0.25, 0.3) is 0 Å². The van der Waals surface area contributed by atoms with Crippen LogP contribution in [-0.4, -0.2) is 42.2 Å². The molecule has 1 amide bonds. The minimum Gasteiger partial charge on any atom is -0.472 e. The molecule has 8 heteroatoms. The molecule has 6 nitrogen and oxygen atoms in total. The smallest absolute Gasteiger partial charge is 0.410 e. The number of piperazine rings is 1. The summed E-state index contributed by atoms with van der Waals surface area (Å²) in [6, 6.07) is 25.0. The lowest BCUT2D eigenvalue weighted by molar-refractivity contribution is 0.0942. The number of pyridine rings is 1. The van der Waals surface area contributed by atoms with Crippen LogP contribution in [0.3, 0.4) is 0 Å². The highest BCUT2D eigenvalue weighted by Crippen LogP contribution is 2.36. The Bertz CT molecular complexity index is 1400. The first kappa shape index (κ1) is 26.2. The van der Waals surface area contributed by atoms with Gasteiger partial charge in [-0.25, -0.2) is 18.6 Å². The molecular formula is C31H29F2N3O3. The van der Waals surface area contributed by atoms with Gasteiger partial charge in [0, 0.05) is 43.1 Å². The Morgan fingerprint density at radius 1 is 0.821 bits per heavy atom. The molecule has 1 aliphatic heterocycles. The predicted molar refractivity (Wildman–Crippen MR) is 146 cm³/mol. The SMILES string of the molecule is Cc1ccc(-c2c(F)cc(N3CCN(C(=O)OCc4ccccc4)CC3)cc2F)c(OCc2ccccc2)n1. The number of carbonyl (C=O) groups is 1. The Morgan fingerprint density at radius 3 is 2.03 bits per heavy atom. The summed E-state index contributed by atoms with van der Waals surface area (Å²) in [5.41, 5.74) is 3.00. The molecule has 3 aromatic carbocycles. The number of ether oxygens (including phenoxy) is 2. The largest absolute Gasteiger partial charge is 0.472 e. The van der Waals surface area contributed by atoms with Gasteiger partial charge in [0.2, 0.25) is 5.88 Å². The number of halogens is 2. The number of anilines is 1. The van der Waals surface area contributed by atoms with E-state index in [-0.39, 0.29) is 30.2 Å². The fourth-order valence-electron chi connectivity index (χ4n) is 4.52. The minimum atomic E-state index is -0.704. The standard InChI is InChI=1S/C31H29F2N3O3/c1-22-12-13-26(30(34-22)38-20-23-8-4-2-5-9-23)29-27(32)18-25(19-28(29)33)35-14-16-36(17-15-35)31(37)39-21-24-10-6-3-7-11-24/h2-13,18-19H,14-17,20-21H2,1H3. The second kappa shape index (κ2) is 11.9. The van der Waals surface area contributed by atoms with Gasteiger partial charge >= 0.3 is 6.09 Å². The van der Waals surface area contributed by atoms with E-state index in [1.807, 2.05) is 65.6 Å². The van der Waals surface area contributed by atoms with E-state index in [4.69, 9.17) is 9.47 Å². The van der Waals surface area contributed by atoms with Crippen molar-refractivity contribution in [1.82, 2.24) is 9.88 Å². The van der Waals surface area contributed by atoms with Gasteiger partial charge in [-0.2, -0.15) is 0 Å². The molecule has 1 saturated heterocycles. The van der Waals surface area contributed by atoms with Gasteiger partial charge in [-0.1, -0.05) is 60.7 Å². The van der Waals surface area contributed by atoms with Crippen molar-refractivity contribution in [2.24, 2.45) is 0 Å². The van der Waals surface area contributed by atoms with Crippen LogP contribution in [0.2, 0.25) is 0 Å². The van der Waals surface area contributed by atoms with E-state index in [9.17, 15) is 4.79 Å². The lowest BCUT2D eigenvalue weighted by Crippen LogP contribution is -2.49. The van der Waals surface area contributed by atoms with Crippen LogP contribution in [0.15, 0.2) is 84.9 Å². The topological polar surface area (TPSA) is 54.9 Å². The lowest BCUT2D eigenvalue weighted by Gasteiger charge is -2.35. The van der Waals surface area contributed by atoms with Crippen molar-refractivity contribution in [1.29, 1.82) is 0 Å². The number of hydrogen-bond acceptors (Lipinski definition) is 5. The second-order valence-electron chi connectivity index (χ2n) is 9.38. The van der Waals surface area contributed by atoms with Crippen molar-refractivity contribution >= 4 is 11.8 Å².